The van der Waals surface area contributed by atoms with Crippen molar-refractivity contribution in [2.75, 3.05) is 13.2 Å². The summed E-state index contributed by atoms with van der Waals surface area (Å²) in [5.74, 6) is 1.54. The molecule has 0 fully saturated rings. The maximum atomic E-state index is 13.2. The average molecular weight is 547 g/mol. The Kier molecular flexibility index (Phi) is 12.4. The maximum absolute atomic E-state index is 13.2. The molecule has 0 aliphatic carbocycles. The predicted molar refractivity (Wildman–Crippen MR) is 161 cm³/mol. The van der Waals surface area contributed by atoms with E-state index in [1.807, 2.05) is 81.5 Å². The second-order valence-corrected chi connectivity index (χ2v) is 10.3. The van der Waals surface area contributed by atoms with Gasteiger partial charge in [0.05, 0.1) is 25.0 Å². The highest BCUT2D eigenvalue weighted by atomic mass is 16.6. The molecule has 5 heteroatoms. The smallest absolute Gasteiger partial charge is 0.340 e. The number of esters is 1. The molecule has 0 radical (unpaired) electrons. The van der Waals surface area contributed by atoms with Gasteiger partial charge in [0.2, 0.25) is 0 Å². The molecule has 1 unspecified atom stereocenters. The van der Waals surface area contributed by atoms with E-state index in [2.05, 4.69) is 13.8 Å². The van der Waals surface area contributed by atoms with Crippen LogP contribution in [0, 0.1) is 0 Å². The Morgan fingerprint density at radius 1 is 0.900 bits per heavy atom. The molecule has 3 rings (SSSR count). The van der Waals surface area contributed by atoms with Crippen LogP contribution in [0.15, 0.2) is 95.4 Å². The van der Waals surface area contributed by atoms with E-state index < -0.39 is 5.60 Å². The summed E-state index contributed by atoms with van der Waals surface area (Å²) in [5, 5.41) is 0. The zero-order chi connectivity index (χ0) is 28.8. The SMILES string of the molecule is C\C=C/C1=C(\C=C\OCCCCCC)O/C(C)=C/C(OCCCCCC)=C\C=C(/C)C12OC(=O)c1ccccc12. The minimum absolute atomic E-state index is 0.360. The van der Waals surface area contributed by atoms with Gasteiger partial charge < -0.3 is 18.9 Å². The Balaban J connectivity index is 2.09. The van der Waals surface area contributed by atoms with Gasteiger partial charge in [-0.1, -0.05) is 88.8 Å². The maximum Gasteiger partial charge on any atom is 0.340 e. The van der Waals surface area contributed by atoms with Crippen molar-refractivity contribution in [3.63, 3.8) is 0 Å². The van der Waals surface area contributed by atoms with Crippen LogP contribution in [-0.4, -0.2) is 19.2 Å². The summed E-state index contributed by atoms with van der Waals surface area (Å²) in [6, 6.07) is 7.56. The first kappa shape index (κ1) is 31.1. The van der Waals surface area contributed by atoms with E-state index in [1.54, 1.807) is 6.26 Å². The quantitative estimate of drug-likeness (QED) is 0.132. The summed E-state index contributed by atoms with van der Waals surface area (Å²) in [6.07, 6.45) is 22.3. The van der Waals surface area contributed by atoms with Gasteiger partial charge >= 0.3 is 5.97 Å². The van der Waals surface area contributed by atoms with Crippen LogP contribution in [0.4, 0.5) is 0 Å². The van der Waals surface area contributed by atoms with E-state index in [0.29, 0.717) is 36.1 Å². The number of carbonyl (C=O) groups excluding carboxylic acids is 1. The van der Waals surface area contributed by atoms with Gasteiger partial charge in [-0.15, -0.1) is 0 Å². The summed E-state index contributed by atoms with van der Waals surface area (Å²) in [4.78, 5) is 13.2. The van der Waals surface area contributed by atoms with Crippen molar-refractivity contribution >= 4 is 5.97 Å². The highest BCUT2D eigenvalue weighted by Gasteiger charge is 2.50. The van der Waals surface area contributed by atoms with Crippen molar-refractivity contribution in [3.05, 3.63) is 107 Å². The number of unbranched alkanes of at least 4 members (excludes halogenated alkanes) is 6. The van der Waals surface area contributed by atoms with Gasteiger partial charge in [-0.05, 0) is 51.3 Å². The fraction of sp³-hybridized carbons (Fsp3) is 0.457. The van der Waals surface area contributed by atoms with Gasteiger partial charge in [0.15, 0.2) is 5.60 Å². The molecule has 216 valence electrons. The van der Waals surface area contributed by atoms with E-state index in [9.17, 15) is 4.79 Å². The standard InChI is InChI=1S/C35H46O5/c1-6-9-11-15-23-37-25-22-33-32(17-8-3)35(31-19-14-13-18-30(31)34(36)40-35)27(4)20-21-29(26-28(5)39-33)38-24-16-12-10-7-2/h8,13-14,17-22,25-26H,6-7,9-12,15-16,23-24H2,1-5H3/b17-8-,25-22+,27-20+,28-26+,29-21+,33-32-. The number of allylic oxidation sites excluding steroid dienone is 6. The van der Waals surface area contributed by atoms with Crippen LogP contribution >= 0.6 is 0 Å². The Bertz CT molecular complexity index is 1180. The molecule has 0 N–H and O–H groups in total. The zero-order valence-corrected chi connectivity index (χ0v) is 25.0. The molecule has 1 aromatic rings. The highest BCUT2D eigenvalue weighted by molar-refractivity contribution is 5.96. The number of ether oxygens (including phenoxy) is 4. The number of rotatable bonds is 14. The third-order valence-electron chi connectivity index (χ3n) is 7.12. The Labute approximate surface area is 240 Å². The van der Waals surface area contributed by atoms with Crippen molar-refractivity contribution < 1.29 is 23.7 Å². The lowest BCUT2D eigenvalue weighted by Gasteiger charge is -2.33. The van der Waals surface area contributed by atoms with Crippen LogP contribution in [-0.2, 0) is 24.5 Å². The monoisotopic (exact) mass is 546 g/mol. The minimum atomic E-state index is -1.17. The summed E-state index contributed by atoms with van der Waals surface area (Å²) in [7, 11) is 0. The number of hydrogen-bond acceptors (Lipinski definition) is 5. The first-order valence-corrected chi connectivity index (χ1v) is 14.8. The molecular weight excluding hydrogens is 500 g/mol. The van der Waals surface area contributed by atoms with Crippen LogP contribution < -0.4 is 0 Å². The fourth-order valence-electron chi connectivity index (χ4n) is 5.02. The Hall–Kier alpha value is -3.47. The molecule has 0 saturated carbocycles. The molecule has 2 heterocycles. The molecule has 5 nitrogen and oxygen atoms in total. The lowest BCUT2D eigenvalue weighted by Crippen LogP contribution is -2.31. The lowest BCUT2D eigenvalue weighted by molar-refractivity contribution is 0.0224. The average Bonchev–Trinajstić information content (AvgIpc) is 3.25. The molecule has 1 spiro atoms. The van der Waals surface area contributed by atoms with Gasteiger partial charge in [0, 0.05) is 23.3 Å². The third-order valence-corrected chi connectivity index (χ3v) is 7.12. The van der Waals surface area contributed by atoms with Crippen LogP contribution in [0.5, 0.6) is 0 Å². The molecule has 2 aliphatic rings. The molecule has 40 heavy (non-hydrogen) atoms. The van der Waals surface area contributed by atoms with Crippen LogP contribution in [0.2, 0.25) is 0 Å². The summed E-state index contributed by atoms with van der Waals surface area (Å²) >= 11 is 0. The second-order valence-electron chi connectivity index (χ2n) is 10.3. The van der Waals surface area contributed by atoms with Crippen molar-refractivity contribution in [3.8, 4) is 0 Å². The lowest BCUT2D eigenvalue weighted by atomic mass is 9.78. The number of benzene rings is 1. The number of fused-ring (bicyclic) bond motifs is 2. The summed E-state index contributed by atoms with van der Waals surface area (Å²) in [6.45, 7) is 11.5. The van der Waals surface area contributed by atoms with E-state index >= 15 is 0 Å². The van der Waals surface area contributed by atoms with Crippen LogP contribution in [0.25, 0.3) is 0 Å². The molecule has 0 bridgehead atoms. The van der Waals surface area contributed by atoms with Crippen LogP contribution in [0.1, 0.15) is 102 Å². The largest absolute Gasteiger partial charge is 0.501 e. The number of hydrogen-bond donors (Lipinski definition) is 0. The van der Waals surface area contributed by atoms with Crippen molar-refractivity contribution in [2.45, 2.75) is 91.6 Å². The van der Waals surface area contributed by atoms with E-state index in [0.717, 1.165) is 42.4 Å². The number of carbonyl (C=O) groups is 1. The molecule has 1 atom stereocenters. The predicted octanol–water partition coefficient (Wildman–Crippen LogP) is 9.35. The summed E-state index contributed by atoms with van der Waals surface area (Å²) in [5.41, 5.74) is 1.73. The van der Waals surface area contributed by atoms with Gasteiger partial charge in [-0.3, -0.25) is 0 Å². The van der Waals surface area contributed by atoms with Crippen molar-refractivity contribution in [2.24, 2.45) is 0 Å². The molecule has 0 amide bonds. The molecule has 1 aromatic carbocycles. The molecular formula is C35H46O5. The molecule has 0 aromatic heterocycles. The van der Waals surface area contributed by atoms with Gasteiger partial charge in [-0.25, -0.2) is 4.79 Å². The van der Waals surface area contributed by atoms with Crippen molar-refractivity contribution in [1.82, 2.24) is 0 Å². The van der Waals surface area contributed by atoms with Gasteiger partial charge in [-0.2, -0.15) is 0 Å². The van der Waals surface area contributed by atoms with E-state index in [4.69, 9.17) is 18.9 Å². The normalized spacial score (nSPS) is 25.0. The Morgan fingerprint density at radius 3 is 2.35 bits per heavy atom. The van der Waals surface area contributed by atoms with Gasteiger partial charge in [0.25, 0.3) is 0 Å². The second kappa shape index (κ2) is 16.0. The zero-order valence-electron chi connectivity index (χ0n) is 25.0. The molecule has 2 aliphatic heterocycles. The highest BCUT2D eigenvalue weighted by Crippen LogP contribution is 2.49. The fourth-order valence-corrected chi connectivity index (χ4v) is 5.02. The van der Waals surface area contributed by atoms with E-state index in [1.165, 1.54) is 25.7 Å². The minimum Gasteiger partial charge on any atom is -0.501 e. The van der Waals surface area contributed by atoms with E-state index in [-0.39, 0.29) is 5.97 Å². The van der Waals surface area contributed by atoms with Gasteiger partial charge in [0.1, 0.15) is 17.3 Å². The first-order valence-electron chi connectivity index (χ1n) is 14.8. The third kappa shape index (κ3) is 7.80. The van der Waals surface area contributed by atoms with Crippen LogP contribution in [0.3, 0.4) is 0 Å². The first-order chi connectivity index (χ1) is 19.5. The van der Waals surface area contributed by atoms with Crippen molar-refractivity contribution in [1.29, 1.82) is 0 Å². The molecule has 0 saturated heterocycles. The summed E-state index contributed by atoms with van der Waals surface area (Å²) < 4.78 is 24.8. The topological polar surface area (TPSA) is 54.0 Å². The Morgan fingerprint density at radius 2 is 1.62 bits per heavy atom.